The second-order valence-electron chi connectivity index (χ2n) is 5.66. The summed E-state index contributed by atoms with van der Waals surface area (Å²) in [5, 5.41) is 4.37. The molecule has 0 radical (unpaired) electrons. The minimum Gasteiger partial charge on any atom is -0.350 e. The maximum absolute atomic E-state index is 6.13. The zero-order valence-corrected chi connectivity index (χ0v) is 13.4. The van der Waals surface area contributed by atoms with E-state index in [0.717, 1.165) is 33.5 Å². The Labute approximate surface area is 135 Å². The number of nitrogens with one attached hydrogen (secondary N) is 2. The molecule has 3 aromatic rings. The highest BCUT2D eigenvalue weighted by Crippen LogP contribution is 2.28. The highest BCUT2D eigenvalue weighted by Gasteiger charge is 2.16. The number of fused-ring (bicyclic) bond motifs is 3. The Morgan fingerprint density at radius 3 is 2.91 bits per heavy atom. The summed E-state index contributed by atoms with van der Waals surface area (Å²) in [7, 11) is 0. The van der Waals surface area contributed by atoms with E-state index in [1.165, 1.54) is 0 Å². The molecule has 0 saturated carbocycles. The van der Waals surface area contributed by atoms with Crippen molar-refractivity contribution in [2.24, 2.45) is 11.7 Å². The van der Waals surface area contributed by atoms with E-state index in [1.54, 1.807) is 6.33 Å². The zero-order chi connectivity index (χ0) is 16.4. The number of rotatable bonds is 5. The van der Waals surface area contributed by atoms with Gasteiger partial charge in [0, 0.05) is 28.6 Å². The van der Waals surface area contributed by atoms with Crippen LogP contribution in [0.15, 0.2) is 55.0 Å². The number of para-hydroxylation sites is 1. The third-order valence-corrected chi connectivity index (χ3v) is 4.11. The second kappa shape index (κ2) is 6.22. The SMILES string of the molecule is C=C(Nc1ncnc2c1[nH]c1ccccc12)C(C)C(N)/C=C\C. The van der Waals surface area contributed by atoms with Gasteiger partial charge in [-0.25, -0.2) is 9.97 Å². The van der Waals surface area contributed by atoms with Crippen molar-refractivity contribution in [2.75, 3.05) is 5.32 Å². The maximum atomic E-state index is 6.13. The molecule has 5 heteroatoms. The minimum atomic E-state index is -0.0833. The predicted molar refractivity (Wildman–Crippen MR) is 96.1 cm³/mol. The Morgan fingerprint density at radius 2 is 2.13 bits per heavy atom. The van der Waals surface area contributed by atoms with Gasteiger partial charge in [0.25, 0.3) is 0 Å². The molecule has 1 aromatic carbocycles. The molecule has 0 fully saturated rings. The van der Waals surface area contributed by atoms with Crippen LogP contribution in [-0.4, -0.2) is 21.0 Å². The Balaban J connectivity index is 1.96. The summed E-state index contributed by atoms with van der Waals surface area (Å²) in [6, 6.07) is 7.99. The van der Waals surface area contributed by atoms with Crippen LogP contribution < -0.4 is 11.1 Å². The van der Waals surface area contributed by atoms with Crippen LogP contribution in [0, 0.1) is 5.92 Å². The molecule has 2 heterocycles. The smallest absolute Gasteiger partial charge is 0.158 e. The molecule has 2 atom stereocenters. The lowest BCUT2D eigenvalue weighted by Crippen LogP contribution is -2.29. The molecule has 4 N–H and O–H groups in total. The Hall–Kier alpha value is -2.66. The zero-order valence-electron chi connectivity index (χ0n) is 13.4. The highest BCUT2D eigenvalue weighted by molar-refractivity contribution is 6.08. The quantitative estimate of drug-likeness (QED) is 0.629. The summed E-state index contributed by atoms with van der Waals surface area (Å²) >= 11 is 0. The lowest BCUT2D eigenvalue weighted by Gasteiger charge is -2.20. The number of aromatic nitrogens is 3. The van der Waals surface area contributed by atoms with Gasteiger partial charge in [-0.2, -0.15) is 0 Å². The molecule has 118 valence electrons. The predicted octanol–water partition coefficient (Wildman–Crippen LogP) is 3.58. The molecule has 0 spiro atoms. The van der Waals surface area contributed by atoms with E-state index in [9.17, 15) is 0 Å². The topological polar surface area (TPSA) is 79.6 Å². The van der Waals surface area contributed by atoms with Gasteiger partial charge in [0.15, 0.2) is 5.82 Å². The first-order chi connectivity index (χ1) is 11.1. The number of benzene rings is 1. The molecule has 0 amide bonds. The van der Waals surface area contributed by atoms with E-state index in [0.29, 0.717) is 0 Å². The number of hydrogen-bond donors (Lipinski definition) is 3. The second-order valence-corrected chi connectivity index (χ2v) is 5.66. The van der Waals surface area contributed by atoms with Gasteiger partial charge in [0.1, 0.15) is 17.4 Å². The van der Waals surface area contributed by atoms with Gasteiger partial charge in [-0.1, -0.05) is 43.9 Å². The summed E-state index contributed by atoms with van der Waals surface area (Å²) in [5.74, 6) is 0.802. The van der Waals surface area contributed by atoms with Crippen molar-refractivity contribution in [1.82, 2.24) is 15.0 Å². The Kier molecular flexibility index (Phi) is 4.12. The van der Waals surface area contributed by atoms with Gasteiger partial charge in [0.05, 0.1) is 0 Å². The van der Waals surface area contributed by atoms with Crippen LogP contribution in [0.3, 0.4) is 0 Å². The number of allylic oxidation sites excluding steroid dienone is 1. The first kappa shape index (κ1) is 15.2. The molecular formula is C18H21N5. The number of H-pyrrole nitrogens is 1. The van der Waals surface area contributed by atoms with Crippen molar-refractivity contribution in [2.45, 2.75) is 19.9 Å². The van der Waals surface area contributed by atoms with Crippen molar-refractivity contribution >= 4 is 27.8 Å². The van der Waals surface area contributed by atoms with Crippen LogP contribution in [0.25, 0.3) is 21.9 Å². The van der Waals surface area contributed by atoms with Gasteiger partial charge in [0.2, 0.25) is 0 Å². The Bertz CT molecular complexity index is 877. The molecule has 0 bridgehead atoms. The van der Waals surface area contributed by atoms with E-state index in [-0.39, 0.29) is 12.0 Å². The fourth-order valence-electron chi connectivity index (χ4n) is 2.62. The molecule has 3 rings (SSSR count). The fourth-order valence-corrected chi connectivity index (χ4v) is 2.62. The third kappa shape index (κ3) is 2.83. The lowest BCUT2D eigenvalue weighted by molar-refractivity contribution is 0.601. The first-order valence-corrected chi connectivity index (χ1v) is 7.67. The number of aromatic amines is 1. The average molecular weight is 307 g/mol. The molecule has 2 aromatic heterocycles. The largest absolute Gasteiger partial charge is 0.350 e. The molecular weight excluding hydrogens is 286 g/mol. The van der Waals surface area contributed by atoms with Crippen molar-refractivity contribution < 1.29 is 0 Å². The van der Waals surface area contributed by atoms with Gasteiger partial charge in [-0.15, -0.1) is 0 Å². The number of nitrogens with zero attached hydrogens (tertiary/aromatic N) is 2. The monoisotopic (exact) mass is 307 g/mol. The number of hydrogen-bond acceptors (Lipinski definition) is 4. The molecule has 0 aliphatic rings. The van der Waals surface area contributed by atoms with E-state index in [1.807, 2.05) is 50.3 Å². The molecule has 23 heavy (non-hydrogen) atoms. The molecule has 0 aliphatic heterocycles. The highest BCUT2D eigenvalue weighted by atomic mass is 15.0. The van der Waals surface area contributed by atoms with Crippen molar-refractivity contribution in [3.05, 3.63) is 55.0 Å². The van der Waals surface area contributed by atoms with Crippen LogP contribution >= 0.6 is 0 Å². The first-order valence-electron chi connectivity index (χ1n) is 7.67. The van der Waals surface area contributed by atoms with Crippen LogP contribution in [-0.2, 0) is 0 Å². The van der Waals surface area contributed by atoms with E-state index in [4.69, 9.17) is 5.73 Å². The maximum Gasteiger partial charge on any atom is 0.158 e. The van der Waals surface area contributed by atoms with Crippen LogP contribution in [0.5, 0.6) is 0 Å². The van der Waals surface area contributed by atoms with E-state index in [2.05, 4.69) is 26.8 Å². The lowest BCUT2D eigenvalue weighted by atomic mass is 9.99. The number of anilines is 1. The van der Waals surface area contributed by atoms with Gasteiger partial charge in [-0.05, 0) is 13.0 Å². The van der Waals surface area contributed by atoms with Gasteiger partial charge >= 0.3 is 0 Å². The summed E-state index contributed by atoms with van der Waals surface area (Å²) in [5.41, 5.74) is 9.77. The van der Waals surface area contributed by atoms with Gasteiger partial charge in [-0.3, -0.25) is 0 Å². The van der Waals surface area contributed by atoms with Crippen molar-refractivity contribution in [3.63, 3.8) is 0 Å². The molecule has 0 aliphatic carbocycles. The fraction of sp³-hybridized carbons (Fsp3) is 0.222. The molecule has 0 saturated heterocycles. The number of nitrogens with two attached hydrogens (primary N) is 1. The van der Waals surface area contributed by atoms with Crippen molar-refractivity contribution in [3.8, 4) is 0 Å². The third-order valence-electron chi connectivity index (χ3n) is 4.11. The molecule has 5 nitrogen and oxygen atoms in total. The normalized spacial score (nSPS) is 14.4. The van der Waals surface area contributed by atoms with Crippen molar-refractivity contribution in [1.29, 1.82) is 0 Å². The summed E-state index contributed by atoms with van der Waals surface area (Å²) in [6.45, 7) is 8.12. The summed E-state index contributed by atoms with van der Waals surface area (Å²) in [6.07, 6.45) is 5.49. The Morgan fingerprint density at radius 1 is 1.35 bits per heavy atom. The average Bonchev–Trinajstić information content (AvgIpc) is 2.94. The summed E-state index contributed by atoms with van der Waals surface area (Å²) in [4.78, 5) is 12.1. The summed E-state index contributed by atoms with van der Waals surface area (Å²) < 4.78 is 0. The van der Waals surface area contributed by atoms with Crippen LogP contribution in [0.1, 0.15) is 13.8 Å². The van der Waals surface area contributed by atoms with Gasteiger partial charge < -0.3 is 16.0 Å². The standard InChI is InChI=1S/C18H21N5/c1-4-7-14(19)11(2)12(3)22-18-17-16(20-10-21-18)13-8-5-6-9-15(13)23-17/h4-11,14,23H,3,19H2,1-2H3,(H,20,21,22)/b7-4-. The molecule has 2 unspecified atom stereocenters. The van der Waals surface area contributed by atoms with Crippen LogP contribution in [0.4, 0.5) is 5.82 Å². The van der Waals surface area contributed by atoms with Crippen LogP contribution in [0.2, 0.25) is 0 Å². The van der Waals surface area contributed by atoms with E-state index >= 15 is 0 Å². The minimum absolute atomic E-state index is 0.0833. The van der Waals surface area contributed by atoms with E-state index < -0.39 is 0 Å².